The minimum atomic E-state index is 0.291. The van der Waals surface area contributed by atoms with E-state index < -0.39 is 0 Å². The van der Waals surface area contributed by atoms with Gasteiger partial charge < -0.3 is 10.5 Å². The van der Waals surface area contributed by atoms with E-state index in [0.717, 1.165) is 19.4 Å². The van der Waals surface area contributed by atoms with Gasteiger partial charge in [0.25, 0.3) is 0 Å². The number of aryl methyl sites for hydroxylation is 1. The molecule has 2 nitrogen and oxygen atoms in total. The Morgan fingerprint density at radius 1 is 1.44 bits per heavy atom. The largest absolute Gasteiger partial charge is 0.385 e. The van der Waals surface area contributed by atoms with Gasteiger partial charge in [0.1, 0.15) is 0 Å². The summed E-state index contributed by atoms with van der Waals surface area (Å²) >= 11 is 0. The summed E-state index contributed by atoms with van der Waals surface area (Å²) in [5, 5.41) is 0. The molecular formula is C14H21NO. The molecule has 0 fully saturated rings. The van der Waals surface area contributed by atoms with Crippen molar-refractivity contribution in [3.63, 3.8) is 0 Å². The zero-order chi connectivity index (χ0) is 11.4. The monoisotopic (exact) mass is 219 g/mol. The Balaban J connectivity index is 1.96. The first-order valence-electron chi connectivity index (χ1n) is 6.15. The van der Waals surface area contributed by atoms with Crippen molar-refractivity contribution in [1.29, 1.82) is 0 Å². The van der Waals surface area contributed by atoms with E-state index >= 15 is 0 Å². The minimum Gasteiger partial charge on any atom is -0.385 e. The lowest BCUT2D eigenvalue weighted by molar-refractivity contribution is 0.189. The van der Waals surface area contributed by atoms with Gasteiger partial charge in [-0.15, -0.1) is 0 Å². The number of hydrogen-bond donors (Lipinski definition) is 1. The fourth-order valence-electron chi connectivity index (χ4n) is 2.70. The van der Waals surface area contributed by atoms with Crippen LogP contribution in [0.1, 0.15) is 36.3 Å². The quantitative estimate of drug-likeness (QED) is 0.772. The van der Waals surface area contributed by atoms with E-state index in [1.54, 1.807) is 7.11 Å². The molecule has 2 unspecified atom stereocenters. The number of fused-ring (bicyclic) bond motifs is 1. The molecule has 0 aromatic heterocycles. The van der Waals surface area contributed by atoms with Crippen molar-refractivity contribution in [3.8, 4) is 0 Å². The van der Waals surface area contributed by atoms with Crippen LogP contribution in [-0.4, -0.2) is 19.8 Å². The van der Waals surface area contributed by atoms with E-state index in [9.17, 15) is 0 Å². The predicted octanol–water partition coefficient (Wildman–Crippen LogP) is 2.47. The molecule has 0 saturated carbocycles. The Morgan fingerprint density at radius 2 is 2.25 bits per heavy atom. The summed E-state index contributed by atoms with van der Waals surface area (Å²) in [4.78, 5) is 0. The molecule has 88 valence electrons. The van der Waals surface area contributed by atoms with Crippen LogP contribution in [-0.2, 0) is 11.2 Å². The van der Waals surface area contributed by atoms with Gasteiger partial charge in [0.05, 0.1) is 0 Å². The van der Waals surface area contributed by atoms with Crippen molar-refractivity contribution in [2.45, 2.75) is 37.6 Å². The average Bonchev–Trinajstić information content (AvgIpc) is 2.73. The zero-order valence-corrected chi connectivity index (χ0v) is 9.99. The zero-order valence-electron chi connectivity index (χ0n) is 9.99. The molecule has 0 saturated heterocycles. The van der Waals surface area contributed by atoms with Crippen LogP contribution in [0.2, 0.25) is 0 Å². The SMILES string of the molecule is COCCCC(N)C1CCc2ccccc21. The van der Waals surface area contributed by atoms with Crippen LogP contribution in [0.15, 0.2) is 24.3 Å². The molecule has 0 spiro atoms. The molecular weight excluding hydrogens is 198 g/mol. The smallest absolute Gasteiger partial charge is 0.0462 e. The standard InChI is InChI=1S/C14H21NO/c1-16-10-4-7-14(15)13-9-8-11-5-2-3-6-12(11)13/h2-3,5-6,13-14H,4,7-10,15H2,1H3. The fraction of sp³-hybridized carbons (Fsp3) is 0.571. The highest BCUT2D eigenvalue weighted by molar-refractivity contribution is 5.35. The van der Waals surface area contributed by atoms with Crippen LogP contribution in [0.25, 0.3) is 0 Å². The lowest BCUT2D eigenvalue weighted by Gasteiger charge is -2.20. The van der Waals surface area contributed by atoms with Gasteiger partial charge in [-0.1, -0.05) is 24.3 Å². The topological polar surface area (TPSA) is 35.2 Å². The number of hydrogen-bond acceptors (Lipinski definition) is 2. The third kappa shape index (κ3) is 2.45. The molecule has 2 heteroatoms. The fourth-order valence-corrected chi connectivity index (χ4v) is 2.70. The van der Waals surface area contributed by atoms with Gasteiger partial charge in [-0.2, -0.15) is 0 Å². The minimum absolute atomic E-state index is 0.291. The van der Waals surface area contributed by atoms with E-state index in [-0.39, 0.29) is 0 Å². The van der Waals surface area contributed by atoms with Gasteiger partial charge in [0.2, 0.25) is 0 Å². The lowest BCUT2D eigenvalue weighted by Crippen LogP contribution is -2.27. The van der Waals surface area contributed by atoms with E-state index in [0.29, 0.717) is 12.0 Å². The van der Waals surface area contributed by atoms with Crippen molar-refractivity contribution in [2.75, 3.05) is 13.7 Å². The van der Waals surface area contributed by atoms with Gasteiger partial charge in [-0.05, 0) is 42.7 Å². The second kappa shape index (κ2) is 5.46. The first kappa shape index (κ1) is 11.6. The van der Waals surface area contributed by atoms with Crippen molar-refractivity contribution in [1.82, 2.24) is 0 Å². The molecule has 2 atom stereocenters. The number of ether oxygens (including phenoxy) is 1. The third-order valence-corrected chi connectivity index (χ3v) is 3.58. The van der Waals surface area contributed by atoms with E-state index in [1.165, 1.54) is 24.0 Å². The molecule has 1 aromatic rings. The number of benzene rings is 1. The number of methoxy groups -OCH3 is 1. The molecule has 0 bridgehead atoms. The summed E-state index contributed by atoms with van der Waals surface area (Å²) in [6, 6.07) is 9.01. The van der Waals surface area contributed by atoms with Crippen LogP contribution in [0, 0.1) is 0 Å². The average molecular weight is 219 g/mol. The van der Waals surface area contributed by atoms with Crippen LogP contribution in [0.3, 0.4) is 0 Å². The van der Waals surface area contributed by atoms with Crippen molar-refractivity contribution in [2.24, 2.45) is 5.73 Å². The number of nitrogens with two attached hydrogens (primary N) is 1. The Morgan fingerprint density at radius 3 is 3.06 bits per heavy atom. The number of rotatable bonds is 5. The molecule has 0 amide bonds. The molecule has 0 radical (unpaired) electrons. The van der Waals surface area contributed by atoms with Gasteiger partial charge in [-0.25, -0.2) is 0 Å². The third-order valence-electron chi connectivity index (χ3n) is 3.58. The lowest BCUT2D eigenvalue weighted by atomic mass is 9.91. The highest BCUT2D eigenvalue weighted by atomic mass is 16.5. The molecule has 1 aliphatic rings. The van der Waals surface area contributed by atoms with Gasteiger partial charge in [0, 0.05) is 19.8 Å². The predicted molar refractivity (Wildman–Crippen MR) is 66.6 cm³/mol. The highest BCUT2D eigenvalue weighted by Gasteiger charge is 2.26. The van der Waals surface area contributed by atoms with Crippen molar-refractivity contribution in [3.05, 3.63) is 35.4 Å². The van der Waals surface area contributed by atoms with Gasteiger partial charge >= 0.3 is 0 Å². The van der Waals surface area contributed by atoms with Crippen molar-refractivity contribution >= 4 is 0 Å². The molecule has 16 heavy (non-hydrogen) atoms. The Bertz CT molecular complexity index is 337. The van der Waals surface area contributed by atoms with Crippen LogP contribution < -0.4 is 5.73 Å². The summed E-state index contributed by atoms with van der Waals surface area (Å²) < 4.78 is 5.07. The molecule has 1 aliphatic carbocycles. The van der Waals surface area contributed by atoms with Crippen LogP contribution in [0.4, 0.5) is 0 Å². The molecule has 2 N–H and O–H groups in total. The normalized spacial score (nSPS) is 20.8. The summed E-state index contributed by atoms with van der Waals surface area (Å²) in [5.41, 5.74) is 9.25. The van der Waals surface area contributed by atoms with E-state index in [2.05, 4.69) is 24.3 Å². The second-order valence-corrected chi connectivity index (χ2v) is 4.64. The highest BCUT2D eigenvalue weighted by Crippen LogP contribution is 2.35. The first-order chi connectivity index (χ1) is 7.83. The second-order valence-electron chi connectivity index (χ2n) is 4.64. The summed E-state index contributed by atoms with van der Waals surface area (Å²) in [7, 11) is 1.75. The summed E-state index contributed by atoms with van der Waals surface area (Å²) in [5.74, 6) is 0.563. The Hall–Kier alpha value is -0.860. The van der Waals surface area contributed by atoms with E-state index in [4.69, 9.17) is 10.5 Å². The summed E-state index contributed by atoms with van der Waals surface area (Å²) in [6.07, 6.45) is 4.54. The summed E-state index contributed by atoms with van der Waals surface area (Å²) in [6.45, 7) is 0.821. The van der Waals surface area contributed by atoms with Crippen molar-refractivity contribution < 1.29 is 4.74 Å². The van der Waals surface area contributed by atoms with Crippen LogP contribution >= 0.6 is 0 Å². The molecule has 1 aromatic carbocycles. The Kier molecular flexibility index (Phi) is 3.97. The van der Waals surface area contributed by atoms with Gasteiger partial charge in [0.15, 0.2) is 0 Å². The maximum atomic E-state index is 6.28. The van der Waals surface area contributed by atoms with Crippen LogP contribution in [0.5, 0.6) is 0 Å². The maximum Gasteiger partial charge on any atom is 0.0462 e. The maximum absolute atomic E-state index is 6.28. The molecule has 2 rings (SSSR count). The first-order valence-corrected chi connectivity index (χ1v) is 6.15. The van der Waals surface area contributed by atoms with E-state index in [1.807, 2.05) is 0 Å². The molecule has 0 aliphatic heterocycles. The Labute approximate surface area is 97.8 Å². The van der Waals surface area contributed by atoms with Gasteiger partial charge in [-0.3, -0.25) is 0 Å². The molecule has 0 heterocycles.